The Bertz CT molecular complexity index is 705. The van der Waals surface area contributed by atoms with E-state index in [4.69, 9.17) is 0 Å². The summed E-state index contributed by atoms with van der Waals surface area (Å²) in [6.07, 6.45) is 1.32. The minimum atomic E-state index is -0.144. The number of carbonyl (C=O) groups excluding carboxylic acids is 2. The number of fused-ring (bicyclic) bond motifs is 1. The van der Waals surface area contributed by atoms with E-state index in [9.17, 15) is 9.59 Å². The lowest BCUT2D eigenvalue weighted by molar-refractivity contribution is -0.115. The second-order valence-corrected chi connectivity index (χ2v) is 5.10. The third kappa shape index (κ3) is 2.79. The van der Waals surface area contributed by atoms with E-state index in [1.807, 2.05) is 36.4 Å². The lowest BCUT2D eigenvalue weighted by atomic mass is 10.1. The molecule has 0 spiro atoms. The van der Waals surface area contributed by atoms with Crippen molar-refractivity contribution in [3.05, 3.63) is 59.2 Å². The summed E-state index contributed by atoms with van der Waals surface area (Å²) in [5, 5.41) is 5.63. The van der Waals surface area contributed by atoms with Gasteiger partial charge in [0.2, 0.25) is 5.91 Å². The molecule has 0 radical (unpaired) electrons. The van der Waals surface area contributed by atoms with Gasteiger partial charge in [-0.25, -0.2) is 0 Å². The number of aryl methyl sites for hydroxylation is 1. The van der Waals surface area contributed by atoms with Crippen molar-refractivity contribution in [2.75, 3.05) is 10.6 Å². The first-order valence-electron chi connectivity index (χ1n) is 6.99. The predicted molar refractivity (Wildman–Crippen MR) is 82.5 cm³/mol. The molecule has 3 rings (SSSR count). The first-order chi connectivity index (χ1) is 10.2. The molecule has 0 saturated heterocycles. The van der Waals surface area contributed by atoms with Crippen molar-refractivity contribution < 1.29 is 9.59 Å². The Kier molecular flexibility index (Phi) is 3.44. The van der Waals surface area contributed by atoms with Gasteiger partial charge in [-0.15, -0.1) is 0 Å². The second kappa shape index (κ2) is 5.40. The fraction of sp³-hybridized carbons (Fsp3) is 0.176. The molecular weight excluding hydrogens is 264 g/mol. The van der Waals surface area contributed by atoms with E-state index in [1.54, 1.807) is 6.07 Å². The van der Waals surface area contributed by atoms with Crippen LogP contribution in [0.1, 0.15) is 28.4 Å². The van der Waals surface area contributed by atoms with Crippen LogP contribution in [0.15, 0.2) is 42.5 Å². The highest BCUT2D eigenvalue weighted by Gasteiger charge is 2.18. The Balaban J connectivity index is 1.75. The molecule has 0 unspecified atom stereocenters. The highest BCUT2D eigenvalue weighted by Crippen LogP contribution is 2.26. The van der Waals surface area contributed by atoms with Crippen LogP contribution in [0.2, 0.25) is 0 Å². The van der Waals surface area contributed by atoms with Crippen molar-refractivity contribution in [1.29, 1.82) is 0 Å². The second-order valence-electron chi connectivity index (χ2n) is 5.10. The van der Waals surface area contributed by atoms with E-state index in [0.717, 1.165) is 17.7 Å². The van der Waals surface area contributed by atoms with Crippen LogP contribution in [-0.4, -0.2) is 11.8 Å². The first kappa shape index (κ1) is 13.4. The van der Waals surface area contributed by atoms with Gasteiger partial charge in [0.05, 0.1) is 6.42 Å². The Morgan fingerprint density at radius 3 is 2.67 bits per heavy atom. The molecule has 2 aromatic rings. The summed E-state index contributed by atoms with van der Waals surface area (Å²) in [6, 6.07) is 13.0. The Hall–Kier alpha value is -2.62. The number of nitrogens with one attached hydrogen (secondary N) is 2. The summed E-state index contributed by atoms with van der Waals surface area (Å²) in [5.74, 6) is -0.154. The van der Waals surface area contributed by atoms with Crippen molar-refractivity contribution in [2.24, 2.45) is 0 Å². The van der Waals surface area contributed by atoms with Crippen LogP contribution in [0.25, 0.3) is 0 Å². The minimum absolute atomic E-state index is 0.0105. The maximum atomic E-state index is 12.2. The molecule has 0 aromatic heterocycles. The molecule has 0 aliphatic carbocycles. The lowest BCUT2D eigenvalue weighted by Crippen LogP contribution is -2.11. The number of hydrogen-bond acceptors (Lipinski definition) is 2. The van der Waals surface area contributed by atoms with Crippen LogP contribution in [0.4, 0.5) is 11.4 Å². The van der Waals surface area contributed by atoms with Gasteiger partial charge >= 0.3 is 0 Å². The Morgan fingerprint density at radius 2 is 1.95 bits per heavy atom. The van der Waals surface area contributed by atoms with E-state index in [-0.39, 0.29) is 11.8 Å². The van der Waals surface area contributed by atoms with Crippen LogP contribution >= 0.6 is 0 Å². The zero-order valence-electron chi connectivity index (χ0n) is 11.8. The van der Waals surface area contributed by atoms with Gasteiger partial charge in [0.15, 0.2) is 0 Å². The third-order valence-corrected chi connectivity index (χ3v) is 3.61. The predicted octanol–water partition coefficient (Wildman–Crippen LogP) is 3.00. The SMILES string of the molecule is CCc1ccc(C(=O)Nc2ccc3c(c2)CC(=O)N3)cc1. The van der Waals surface area contributed by atoms with Crippen LogP contribution in [0.5, 0.6) is 0 Å². The van der Waals surface area contributed by atoms with E-state index >= 15 is 0 Å². The molecule has 0 atom stereocenters. The van der Waals surface area contributed by atoms with Gasteiger partial charge in [-0.2, -0.15) is 0 Å². The molecule has 0 saturated carbocycles. The summed E-state index contributed by atoms with van der Waals surface area (Å²) in [6.45, 7) is 2.08. The molecule has 0 bridgehead atoms. The van der Waals surface area contributed by atoms with Crippen molar-refractivity contribution in [1.82, 2.24) is 0 Å². The molecule has 2 N–H and O–H groups in total. The van der Waals surface area contributed by atoms with Crippen molar-refractivity contribution in [3.8, 4) is 0 Å². The van der Waals surface area contributed by atoms with E-state index in [1.165, 1.54) is 5.56 Å². The average Bonchev–Trinajstić information content (AvgIpc) is 2.86. The molecule has 4 nitrogen and oxygen atoms in total. The van der Waals surface area contributed by atoms with Crippen molar-refractivity contribution >= 4 is 23.2 Å². The molecule has 21 heavy (non-hydrogen) atoms. The monoisotopic (exact) mass is 280 g/mol. The van der Waals surface area contributed by atoms with Gasteiger partial charge < -0.3 is 10.6 Å². The maximum Gasteiger partial charge on any atom is 0.255 e. The Morgan fingerprint density at radius 1 is 1.19 bits per heavy atom. The molecule has 2 aromatic carbocycles. The molecule has 4 heteroatoms. The van der Waals surface area contributed by atoms with E-state index in [2.05, 4.69) is 17.6 Å². The summed E-state index contributed by atoms with van der Waals surface area (Å²) in [7, 11) is 0. The molecular formula is C17H16N2O2. The summed E-state index contributed by atoms with van der Waals surface area (Å²) in [5.41, 5.74) is 4.27. The molecule has 106 valence electrons. The highest BCUT2D eigenvalue weighted by atomic mass is 16.2. The number of amides is 2. The van der Waals surface area contributed by atoms with Gasteiger partial charge in [-0.05, 0) is 47.9 Å². The van der Waals surface area contributed by atoms with Gasteiger partial charge in [0, 0.05) is 16.9 Å². The maximum absolute atomic E-state index is 12.2. The molecule has 1 aliphatic rings. The van der Waals surface area contributed by atoms with E-state index < -0.39 is 0 Å². The van der Waals surface area contributed by atoms with Gasteiger partial charge in [0.1, 0.15) is 0 Å². The summed E-state index contributed by atoms with van der Waals surface area (Å²) < 4.78 is 0. The summed E-state index contributed by atoms with van der Waals surface area (Å²) >= 11 is 0. The number of hydrogen-bond donors (Lipinski definition) is 2. The quantitative estimate of drug-likeness (QED) is 0.908. The van der Waals surface area contributed by atoms with Crippen LogP contribution in [-0.2, 0) is 17.6 Å². The van der Waals surface area contributed by atoms with Crippen molar-refractivity contribution in [3.63, 3.8) is 0 Å². The normalized spacial score (nSPS) is 12.7. The van der Waals surface area contributed by atoms with Crippen LogP contribution in [0, 0.1) is 0 Å². The molecule has 1 aliphatic heterocycles. The zero-order valence-corrected chi connectivity index (χ0v) is 11.8. The number of rotatable bonds is 3. The average molecular weight is 280 g/mol. The topological polar surface area (TPSA) is 58.2 Å². The molecule has 1 heterocycles. The lowest BCUT2D eigenvalue weighted by Gasteiger charge is -2.07. The smallest absolute Gasteiger partial charge is 0.255 e. The van der Waals surface area contributed by atoms with Gasteiger partial charge in [0.25, 0.3) is 5.91 Å². The number of carbonyl (C=O) groups is 2. The number of benzene rings is 2. The van der Waals surface area contributed by atoms with E-state index in [0.29, 0.717) is 17.7 Å². The van der Waals surface area contributed by atoms with Gasteiger partial charge in [-0.3, -0.25) is 9.59 Å². The van der Waals surface area contributed by atoms with Crippen molar-refractivity contribution in [2.45, 2.75) is 19.8 Å². The van der Waals surface area contributed by atoms with Crippen LogP contribution in [0.3, 0.4) is 0 Å². The highest BCUT2D eigenvalue weighted by molar-refractivity contribution is 6.05. The van der Waals surface area contributed by atoms with Gasteiger partial charge in [-0.1, -0.05) is 19.1 Å². The standard InChI is InChI=1S/C17H16N2O2/c1-2-11-3-5-12(6-4-11)17(21)18-14-7-8-15-13(9-14)10-16(20)19-15/h3-9H,2,10H2,1H3,(H,18,21)(H,19,20). The first-order valence-corrected chi connectivity index (χ1v) is 6.99. The summed E-state index contributed by atoms with van der Waals surface area (Å²) in [4.78, 5) is 23.5. The van der Waals surface area contributed by atoms with Crippen LogP contribution < -0.4 is 10.6 Å². The third-order valence-electron chi connectivity index (χ3n) is 3.61. The largest absolute Gasteiger partial charge is 0.326 e. The Labute approximate surface area is 123 Å². The fourth-order valence-corrected chi connectivity index (χ4v) is 2.40. The number of anilines is 2. The zero-order chi connectivity index (χ0) is 14.8. The molecule has 2 amide bonds. The fourth-order valence-electron chi connectivity index (χ4n) is 2.40. The minimum Gasteiger partial charge on any atom is -0.326 e. The molecule has 0 fully saturated rings.